The van der Waals surface area contributed by atoms with Gasteiger partial charge in [0, 0.05) is 15.5 Å². The molecule has 0 fully saturated rings. The first kappa shape index (κ1) is 11.1. The number of hydrogen-bond acceptors (Lipinski definition) is 2. The summed E-state index contributed by atoms with van der Waals surface area (Å²) in [7, 11) is 0. The number of aliphatic carboxylic acids is 1. The SMILES string of the molecule is CC(=CSc1ccc(Cl)cc1)C(=O)O. The van der Waals surface area contributed by atoms with Gasteiger partial charge in [-0.2, -0.15) is 0 Å². The molecule has 0 aliphatic heterocycles. The van der Waals surface area contributed by atoms with Crippen molar-refractivity contribution in [2.75, 3.05) is 0 Å². The lowest BCUT2D eigenvalue weighted by molar-refractivity contribution is -0.132. The Morgan fingerprint density at radius 2 is 2.00 bits per heavy atom. The quantitative estimate of drug-likeness (QED) is 0.636. The molecule has 1 rings (SSSR count). The van der Waals surface area contributed by atoms with Crippen molar-refractivity contribution in [2.24, 2.45) is 0 Å². The molecule has 4 heteroatoms. The van der Waals surface area contributed by atoms with Gasteiger partial charge in [0.05, 0.1) is 0 Å². The minimum Gasteiger partial charge on any atom is -0.478 e. The smallest absolute Gasteiger partial charge is 0.331 e. The van der Waals surface area contributed by atoms with Crippen molar-refractivity contribution in [3.8, 4) is 0 Å². The topological polar surface area (TPSA) is 37.3 Å². The first-order chi connectivity index (χ1) is 6.59. The number of carboxylic acid groups (broad SMARTS) is 1. The second-order valence-electron chi connectivity index (χ2n) is 2.68. The second-order valence-corrected chi connectivity index (χ2v) is 4.06. The Kier molecular flexibility index (Phi) is 4.04. The molecule has 0 aliphatic carbocycles. The van der Waals surface area contributed by atoms with E-state index in [1.807, 2.05) is 12.1 Å². The average Bonchev–Trinajstić information content (AvgIpc) is 2.16. The number of halogens is 1. The summed E-state index contributed by atoms with van der Waals surface area (Å²) in [5.74, 6) is -0.897. The Hall–Kier alpha value is -0.930. The average molecular weight is 229 g/mol. The molecule has 0 bridgehead atoms. The van der Waals surface area contributed by atoms with Crippen LogP contribution in [0.5, 0.6) is 0 Å². The molecule has 0 unspecified atom stereocenters. The van der Waals surface area contributed by atoms with Crippen LogP contribution in [0.4, 0.5) is 0 Å². The van der Waals surface area contributed by atoms with Gasteiger partial charge in [-0.25, -0.2) is 4.79 Å². The van der Waals surface area contributed by atoms with Gasteiger partial charge in [-0.05, 0) is 36.6 Å². The molecule has 0 saturated heterocycles. The fourth-order valence-corrected chi connectivity index (χ4v) is 1.55. The van der Waals surface area contributed by atoms with Crippen molar-refractivity contribution < 1.29 is 9.90 Å². The number of carbonyl (C=O) groups is 1. The van der Waals surface area contributed by atoms with Crippen molar-refractivity contribution in [1.82, 2.24) is 0 Å². The molecule has 0 aromatic heterocycles. The number of benzene rings is 1. The minimum atomic E-state index is -0.897. The Balaban J connectivity index is 2.66. The van der Waals surface area contributed by atoms with Crippen LogP contribution in [-0.2, 0) is 4.79 Å². The summed E-state index contributed by atoms with van der Waals surface area (Å²) >= 11 is 7.07. The molecule has 74 valence electrons. The van der Waals surface area contributed by atoms with Crippen LogP contribution >= 0.6 is 23.4 Å². The summed E-state index contributed by atoms with van der Waals surface area (Å²) in [6, 6.07) is 7.24. The molecule has 0 aliphatic rings. The Bertz CT molecular complexity index is 357. The van der Waals surface area contributed by atoms with Crippen LogP contribution in [0, 0.1) is 0 Å². The van der Waals surface area contributed by atoms with E-state index >= 15 is 0 Å². The first-order valence-corrected chi connectivity index (χ1v) is 5.17. The summed E-state index contributed by atoms with van der Waals surface area (Å²) in [5, 5.41) is 10.9. The Labute approximate surface area is 91.6 Å². The molecule has 0 amide bonds. The van der Waals surface area contributed by atoms with Crippen molar-refractivity contribution in [3.05, 3.63) is 40.3 Å². The molecule has 0 spiro atoms. The van der Waals surface area contributed by atoms with Gasteiger partial charge in [0.1, 0.15) is 0 Å². The lowest BCUT2D eigenvalue weighted by atomic mass is 10.4. The van der Waals surface area contributed by atoms with E-state index in [1.165, 1.54) is 11.8 Å². The molecule has 0 radical (unpaired) electrons. The highest BCUT2D eigenvalue weighted by molar-refractivity contribution is 8.02. The summed E-state index contributed by atoms with van der Waals surface area (Å²) in [6.07, 6.45) is 0. The van der Waals surface area contributed by atoms with Crippen LogP contribution in [0.2, 0.25) is 5.02 Å². The summed E-state index contributed by atoms with van der Waals surface area (Å²) < 4.78 is 0. The summed E-state index contributed by atoms with van der Waals surface area (Å²) in [6.45, 7) is 1.56. The molecule has 1 aromatic carbocycles. The van der Waals surface area contributed by atoms with E-state index < -0.39 is 5.97 Å². The Morgan fingerprint density at radius 3 is 2.50 bits per heavy atom. The molecule has 0 saturated carbocycles. The second kappa shape index (κ2) is 5.08. The van der Waals surface area contributed by atoms with Crippen molar-refractivity contribution in [2.45, 2.75) is 11.8 Å². The summed E-state index contributed by atoms with van der Waals surface area (Å²) in [4.78, 5) is 11.4. The van der Waals surface area contributed by atoms with E-state index in [0.717, 1.165) is 4.90 Å². The van der Waals surface area contributed by atoms with E-state index in [-0.39, 0.29) is 0 Å². The van der Waals surface area contributed by atoms with Crippen LogP contribution in [0.15, 0.2) is 40.1 Å². The van der Waals surface area contributed by atoms with Gasteiger partial charge in [0.2, 0.25) is 0 Å². The zero-order valence-electron chi connectivity index (χ0n) is 7.53. The monoisotopic (exact) mass is 228 g/mol. The third-order valence-electron chi connectivity index (χ3n) is 1.52. The number of rotatable bonds is 3. The highest BCUT2D eigenvalue weighted by Crippen LogP contribution is 2.22. The lowest BCUT2D eigenvalue weighted by Crippen LogP contribution is -1.94. The zero-order chi connectivity index (χ0) is 10.6. The molecule has 1 aromatic rings. The van der Waals surface area contributed by atoms with Gasteiger partial charge in [-0.3, -0.25) is 0 Å². The van der Waals surface area contributed by atoms with Crippen molar-refractivity contribution in [3.63, 3.8) is 0 Å². The molecule has 1 N–H and O–H groups in total. The number of hydrogen-bond donors (Lipinski definition) is 1. The van der Waals surface area contributed by atoms with Gasteiger partial charge in [-0.1, -0.05) is 23.4 Å². The lowest BCUT2D eigenvalue weighted by Gasteiger charge is -1.96. The highest BCUT2D eigenvalue weighted by atomic mass is 35.5. The maximum Gasteiger partial charge on any atom is 0.331 e. The number of thioether (sulfide) groups is 1. The van der Waals surface area contributed by atoms with Crippen molar-refractivity contribution >= 4 is 29.3 Å². The van der Waals surface area contributed by atoms with Crippen LogP contribution in [0.25, 0.3) is 0 Å². The third kappa shape index (κ3) is 3.44. The minimum absolute atomic E-state index is 0.324. The Morgan fingerprint density at radius 1 is 1.43 bits per heavy atom. The third-order valence-corrected chi connectivity index (χ3v) is 2.79. The molecule has 2 nitrogen and oxygen atoms in total. The van der Waals surface area contributed by atoms with Gasteiger partial charge in [0.15, 0.2) is 0 Å². The maximum atomic E-state index is 10.5. The standard InChI is InChI=1S/C10H9ClO2S/c1-7(10(12)13)6-14-9-4-2-8(11)3-5-9/h2-6H,1H3,(H,12,13). The van der Waals surface area contributed by atoms with E-state index in [9.17, 15) is 4.79 Å². The van der Waals surface area contributed by atoms with E-state index in [0.29, 0.717) is 10.6 Å². The van der Waals surface area contributed by atoms with Gasteiger partial charge in [0.25, 0.3) is 0 Å². The zero-order valence-corrected chi connectivity index (χ0v) is 9.10. The summed E-state index contributed by atoms with van der Waals surface area (Å²) in [5.41, 5.74) is 0.324. The molecule has 14 heavy (non-hydrogen) atoms. The predicted octanol–water partition coefficient (Wildman–Crippen LogP) is 3.42. The maximum absolute atomic E-state index is 10.5. The van der Waals surface area contributed by atoms with E-state index in [2.05, 4.69) is 0 Å². The fourth-order valence-electron chi connectivity index (χ4n) is 0.720. The molecular weight excluding hydrogens is 220 g/mol. The fraction of sp³-hybridized carbons (Fsp3) is 0.100. The molecule has 0 atom stereocenters. The van der Waals surface area contributed by atoms with E-state index in [1.54, 1.807) is 24.5 Å². The molecule has 0 heterocycles. The van der Waals surface area contributed by atoms with E-state index in [4.69, 9.17) is 16.7 Å². The number of carboxylic acids is 1. The first-order valence-electron chi connectivity index (χ1n) is 3.92. The van der Waals surface area contributed by atoms with Crippen LogP contribution in [0.1, 0.15) is 6.92 Å². The van der Waals surface area contributed by atoms with Gasteiger partial charge >= 0.3 is 5.97 Å². The normalized spacial score (nSPS) is 11.4. The van der Waals surface area contributed by atoms with Crippen molar-refractivity contribution in [1.29, 1.82) is 0 Å². The largest absolute Gasteiger partial charge is 0.478 e. The van der Waals surface area contributed by atoms with Crippen LogP contribution < -0.4 is 0 Å². The molecular formula is C10H9ClO2S. The van der Waals surface area contributed by atoms with Gasteiger partial charge < -0.3 is 5.11 Å². The highest BCUT2D eigenvalue weighted by Gasteiger charge is 1.99. The van der Waals surface area contributed by atoms with Crippen LogP contribution in [-0.4, -0.2) is 11.1 Å². The van der Waals surface area contributed by atoms with Crippen LogP contribution in [0.3, 0.4) is 0 Å². The van der Waals surface area contributed by atoms with Gasteiger partial charge in [-0.15, -0.1) is 0 Å². The predicted molar refractivity (Wildman–Crippen MR) is 58.7 cm³/mol.